The lowest BCUT2D eigenvalue weighted by Gasteiger charge is -2.17. The lowest BCUT2D eigenvalue weighted by molar-refractivity contribution is 0.471. The maximum absolute atomic E-state index is 13.0. The second-order valence-electron chi connectivity index (χ2n) is 6.23. The maximum atomic E-state index is 13.0. The first kappa shape index (κ1) is 16.1. The molecule has 7 heteroatoms. The van der Waals surface area contributed by atoms with Crippen LogP contribution in [0.15, 0.2) is 23.2 Å². The molecule has 1 atom stereocenters. The topological polar surface area (TPSA) is 68.1 Å². The third-order valence-corrected chi connectivity index (χ3v) is 6.66. The molecule has 124 valence electrons. The minimum absolute atomic E-state index is 0.155. The standard InChI is InChI=1S/C16H22N4O2S/c1-11-5-7-17-15(9-11)14-6-8-20(10-14)23(21,22)16-12(2)18-19(4)13(16)3/h5,7,9,14H,6,8,10H2,1-4H3/t14-/m1/s1. The highest BCUT2D eigenvalue weighted by Crippen LogP contribution is 2.32. The van der Waals surface area contributed by atoms with Crippen LogP contribution < -0.4 is 0 Å². The van der Waals surface area contributed by atoms with Crippen molar-refractivity contribution >= 4 is 10.0 Å². The molecule has 0 saturated carbocycles. The highest BCUT2D eigenvalue weighted by molar-refractivity contribution is 7.89. The second-order valence-corrected chi connectivity index (χ2v) is 8.11. The van der Waals surface area contributed by atoms with Crippen molar-refractivity contribution in [1.82, 2.24) is 19.1 Å². The van der Waals surface area contributed by atoms with Crippen LogP contribution in [0.2, 0.25) is 0 Å². The van der Waals surface area contributed by atoms with Crippen molar-refractivity contribution in [2.24, 2.45) is 7.05 Å². The third kappa shape index (κ3) is 2.79. The van der Waals surface area contributed by atoms with Gasteiger partial charge in [-0.1, -0.05) is 0 Å². The first-order valence-corrected chi connectivity index (χ1v) is 9.17. The SMILES string of the molecule is Cc1ccnc([C@@H]2CCN(S(=O)(=O)c3c(C)nn(C)c3C)C2)c1. The Balaban J connectivity index is 1.88. The molecule has 0 amide bonds. The van der Waals surface area contributed by atoms with Crippen LogP contribution >= 0.6 is 0 Å². The molecule has 0 unspecified atom stereocenters. The fourth-order valence-electron chi connectivity index (χ4n) is 3.23. The number of nitrogens with zero attached hydrogens (tertiary/aromatic N) is 4. The Morgan fingerprint density at radius 1 is 1.26 bits per heavy atom. The van der Waals surface area contributed by atoms with Gasteiger partial charge in [0, 0.05) is 37.9 Å². The van der Waals surface area contributed by atoms with Crippen LogP contribution in [-0.2, 0) is 17.1 Å². The summed E-state index contributed by atoms with van der Waals surface area (Å²) >= 11 is 0. The smallest absolute Gasteiger partial charge is 0.246 e. The van der Waals surface area contributed by atoms with Gasteiger partial charge in [0.05, 0.1) is 11.4 Å². The third-order valence-electron chi connectivity index (χ3n) is 4.55. The highest BCUT2D eigenvalue weighted by atomic mass is 32.2. The maximum Gasteiger partial charge on any atom is 0.246 e. The van der Waals surface area contributed by atoms with Gasteiger partial charge in [0.2, 0.25) is 10.0 Å². The van der Waals surface area contributed by atoms with Crippen LogP contribution in [0.3, 0.4) is 0 Å². The van der Waals surface area contributed by atoms with Gasteiger partial charge in [-0.15, -0.1) is 0 Å². The molecule has 1 aliphatic rings. The Kier molecular flexibility index (Phi) is 4.01. The van der Waals surface area contributed by atoms with Gasteiger partial charge in [0.1, 0.15) is 4.90 Å². The minimum atomic E-state index is -3.51. The molecule has 3 rings (SSSR count). The Morgan fingerprint density at radius 3 is 2.61 bits per heavy atom. The van der Waals surface area contributed by atoms with Crippen molar-refractivity contribution in [2.45, 2.75) is 38.0 Å². The number of sulfonamides is 1. The van der Waals surface area contributed by atoms with Gasteiger partial charge in [0.25, 0.3) is 0 Å². The summed E-state index contributed by atoms with van der Waals surface area (Å²) < 4.78 is 29.2. The molecule has 0 bridgehead atoms. The second kappa shape index (κ2) is 5.72. The van der Waals surface area contributed by atoms with Crippen molar-refractivity contribution in [3.63, 3.8) is 0 Å². The summed E-state index contributed by atoms with van der Waals surface area (Å²) in [5.41, 5.74) is 3.36. The van der Waals surface area contributed by atoms with Crippen LogP contribution in [0.5, 0.6) is 0 Å². The summed E-state index contributed by atoms with van der Waals surface area (Å²) in [4.78, 5) is 4.76. The number of hydrogen-bond donors (Lipinski definition) is 0. The average molecular weight is 334 g/mol. The normalized spacial score (nSPS) is 19.4. The van der Waals surface area contributed by atoms with Crippen LogP contribution in [0.1, 0.15) is 35.0 Å². The Bertz CT molecular complexity index is 842. The van der Waals surface area contributed by atoms with E-state index in [1.54, 1.807) is 36.1 Å². The van der Waals surface area contributed by atoms with E-state index >= 15 is 0 Å². The molecule has 1 aliphatic heterocycles. The number of rotatable bonds is 3. The molecular formula is C16H22N4O2S. The van der Waals surface area contributed by atoms with Gasteiger partial charge < -0.3 is 0 Å². The molecule has 2 aromatic heterocycles. The number of pyridine rings is 1. The highest BCUT2D eigenvalue weighted by Gasteiger charge is 2.36. The lowest BCUT2D eigenvalue weighted by Crippen LogP contribution is -2.29. The molecule has 3 heterocycles. The van der Waals surface area contributed by atoms with Gasteiger partial charge in [0.15, 0.2) is 0 Å². The van der Waals surface area contributed by atoms with E-state index in [1.807, 2.05) is 19.1 Å². The molecule has 0 spiro atoms. The van der Waals surface area contributed by atoms with Crippen LogP contribution in [-0.4, -0.2) is 40.6 Å². The average Bonchev–Trinajstić information content (AvgIpc) is 3.05. The van der Waals surface area contributed by atoms with Crippen molar-refractivity contribution in [2.75, 3.05) is 13.1 Å². The molecule has 23 heavy (non-hydrogen) atoms. The zero-order chi connectivity index (χ0) is 16.8. The van der Waals surface area contributed by atoms with Crippen molar-refractivity contribution in [1.29, 1.82) is 0 Å². The molecule has 6 nitrogen and oxygen atoms in total. The molecule has 0 radical (unpaired) electrons. The minimum Gasteiger partial charge on any atom is -0.271 e. The quantitative estimate of drug-likeness (QED) is 0.860. The summed E-state index contributed by atoms with van der Waals surface area (Å²) in [7, 11) is -1.74. The zero-order valence-electron chi connectivity index (χ0n) is 13.9. The van der Waals surface area contributed by atoms with Crippen LogP contribution in [0.4, 0.5) is 0 Å². The molecular weight excluding hydrogens is 312 g/mol. The fraction of sp³-hybridized carbons (Fsp3) is 0.500. The number of aryl methyl sites for hydroxylation is 3. The Hall–Kier alpha value is -1.73. The molecule has 1 fully saturated rings. The van der Waals surface area contributed by atoms with Crippen molar-refractivity contribution < 1.29 is 8.42 Å². The van der Waals surface area contributed by atoms with E-state index in [-0.39, 0.29) is 5.92 Å². The molecule has 0 aromatic carbocycles. The monoisotopic (exact) mass is 334 g/mol. The van der Waals surface area contributed by atoms with Gasteiger partial charge >= 0.3 is 0 Å². The van der Waals surface area contributed by atoms with Crippen molar-refractivity contribution in [3.05, 3.63) is 41.0 Å². The van der Waals surface area contributed by atoms with E-state index in [0.29, 0.717) is 29.4 Å². The Morgan fingerprint density at radius 2 is 2.00 bits per heavy atom. The zero-order valence-corrected chi connectivity index (χ0v) is 14.8. The van der Waals surface area contributed by atoms with E-state index in [1.165, 1.54) is 0 Å². The lowest BCUT2D eigenvalue weighted by atomic mass is 10.0. The van der Waals surface area contributed by atoms with E-state index in [2.05, 4.69) is 10.1 Å². The molecule has 0 N–H and O–H groups in total. The summed E-state index contributed by atoms with van der Waals surface area (Å²) in [6.07, 6.45) is 2.59. The largest absolute Gasteiger partial charge is 0.271 e. The fourth-order valence-corrected chi connectivity index (χ4v) is 5.13. The number of aromatic nitrogens is 3. The summed E-state index contributed by atoms with van der Waals surface area (Å²) in [5.74, 6) is 0.155. The molecule has 0 aliphatic carbocycles. The predicted molar refractivity (Wildman–Crippen MR) is 87.8 cm³/mol. The molecule has 2 aromatic rings. The first-order chi connectivity index (χ1) is 10.8. The van der Waals surface area contributed by atoms with Crippen LogP contribution in [0.25, 0.3) is 0 Å². The summed E-state index contributed by atoms with van der Waals surface area (Å²) in [5, 5.41) is 4.24. The van der Waals surface area contributed by atoms with E-state index < -0.39 is 10.0 Å². The predicted octanol–water partition coefficient (Wildman–Crippen LogP) is 1.92. The summed E-state index contributed by atoms with van der Waals surface area (Å²) in [6, 6.07) is 4.00. The van der Waals surface area contributed by atoms with Crippen molar-refractivity contribution in [3.8, 4) is 0 Å². The molecule has 1 saturated heterocycles. The van der Waals surface area contributed by atoms with Crippen LogP contribution in [0, 0.1) is 20.8 Å². The van der Waals surface area contributed by atoms with Gasteiger partial charge in [-0.05, 0) is 44.9 Å². The van der Waals surface area contributed by atoms with E-state index in [4.69, 9.17) is 0 Å². The van der Waals surface area contributed by atoms with Gasteiger partial charge in [-0.2, -0.15) is 9.40 Å². The Labute approximate surface area is 137 Å². The van der Waals surface area contributed by atoms with Gasteiger partial charge in [-0.3, -0.25) is 9.67 Å². The van der Waals surface area contributed by atoms with Gasteiger partial charge in [-0.25, -0.2) is 8.42 Å². The summed E-state index contributed by atoms with van der Waals surface area (Å²) in [6.45, 7) is 6.57. The number of hydrogen-bond acceptors (Lipinski definition) is 4. The van der Waals surface area contributed by atoms with E-state index in [0.717, 1.165) is 17.7 Å². The first-order valence-electron chi connectivity index (χ1n) is 7.73. The van der Waals surface area contributed by atoms with E-state index in [9.17, 15) is 8.42 Å².